The van der Waals surface area contributed by atoms with Crippen molar-refractivity contribution in [3.05, 3.63) is 35.9 Å². The molecule has 0 saturated heterocycles. The van der Waals surface area contributed by atoms with Gasteiger partial charge in [0, 0.05) is 11.6 Å². The van der Waals surface area contributed by atoms with Gasteiger partial charge in [0.25, 0.3) is 0 Å². The molecule has 1 aromatic carbocycles. The summed E-state index contributed by atoms with van der Waals surface area (Å²) in [5.74, 6) is 0.0889. The van der Waals surface area contributed by atoms with Crippen molar-refractivity contribution >= 4 is 12.2 Å². The van der Waals surface area contributed by atoms with Gasteiger partial charge >= 0.3 is 0 Å². The second kappa shape index (κ2) is 3.35. The zero-order chi connectivity index (χ0) is 10.0. The van der Waals surface area contributed by atoms with Crippen LogP contribution in [0.2, 0.25) is 0 Å². The topological polar surface area (TPSA) is 40.5 Å². The molecule has 13 heavy (non-hydrogen) atoms. The van der Waals surface area contributed by atoms with Crippen LogP contribution in [0, 0.1) is 6.92 Å². The Hall–Kier alpha value is -1.70. The van der Waals surface area contributed by atoms with E-state index in [0.717, 1.165) is 0 Å². The summed E-state index contributed by atoms with van der Waals surface area (Å²) < 4.78 is 0. The minimum Gasteiger partial charge on any atom is -0.508 e. The Bertz CT molecular complexity index is 365. The van der Waals surface area contributed by atoms with E-state index in [1.165, 1.54) is 6.07 Å². The highest BCUT2D eigenvalue weighted by molar-refractivity contribution is 5.73. The highest BCUT2D eigenvalue weighted by Gasteiger charge is 2.09. The van der Waals surface area contributed by atoms with Crippen molar-refractivity contribution in [3.8, 4) is 11.5 Å². The number of hydrogen-bond acceptors (Lipinski definition) is 2. The average Bonchev–Trinajstić information content (AvgIpc) is 2.10. The Kier molecular flexibility index (Phi) is 2.42. The Morgan fingerprint density at radius 2 is 1.62 bits per heavy atom. The van der Waals surface area contributed by atoms with Gasteiger partial charge in [-0.05, 0) is 18.1 Å². The molecule has 0 aliphatic heterocycles. The maximum absolute atomic E-state index is 9.45. The summed E-state index contributed by atoms with van der Waals surface area (Å²) in [6.07, 6.45) is 3.13. The van der Waals surface area contributed by atoms with Gasteiger partial charge in [-0.15, -0.1) is 0 Å². The second-order valence-electron chi connectivity index (χ2n) is 2.78. The van der Waals surface area contributed by atoms with Gasteiger partial charge in [-0.1, -0.05) is 25.3 Å². The maximum Gasteiger partial charge on any atom is 0.127 e. The third-order valence-electron chi connectivity index (χ3n) is 2.04. The van der Waals surface area contributed by atoms with Crippen LogP contribution in [-0.4, -0.2) is 10.2 Å². The van der Waals surface area contributed by atoms with Crippen LogP contribution in [0.1, 0.15) is 16.7 Å². The van der Waals surface area contributed by atoms with E-state index in [9.17, 15) is 10.2 Å². The predicted octanol–water partition coefficient (Wildman–Crippen LogP) is 2.69. The molecule has 0 unspecified atom stereocenters. The van der Waals surface area contributed by atoms with E-state index in [1.807, 2.05) is 0 Å². The molecule has 1 aromatic rings. The van der Waals surface area contributed by atoms with Gasteiger partial charge in [0.05, 0.1) is 0 Å². The standard InChI is InChI=1S/C11H12O2/c1-4-8-7(3)10(12)6-11(13)9(8)5-2/h4-6,12-13H,1-2H2,3H3. The normalized spacial score (nSPS) is 9.62. The molecule has 0 bridgehead atoms. The lowest BCUT2D eigenvalue weighted by Crippen LogP contribution is -1.87. The first-order valence-corrected chi connectivity index (χ1v) is 3.92. The highest BCUT2D eigenvalue weighted by atomic mass is 16.3. The summed E-state index contributed by atoms with van der Waals surface area (Å²) in [5, 5.41) is 18.8. The molecule has 0 saturated carbocycles. The minimum atomic E-state index is 0.0213. The van der Waals surface area contributed by atoms with Crippen molar-refractivity contribution in [2.45, 2.75) is 6.92 Å². The van der Waals surface area contributed by atoms with Crippen LogP contribution >= 0.6 is 0 Å². The SMILES string of the molecule is C=Cc1c(O)cc(O)c(C)c1C=C. The average molecular weight is 176 g/mol. The van der Waals surface area contributed by atoms with Crippen molar-refractivity contribution in [2.24, 2.45) is 0 Å². The number of aromatic hydroxyl groups is 2. The van der Waals surface area contributed by atoms with Crippen LogP contribution in [0.5, 0.6) is 11.5 Å². The Balaban J connectivity index is 3.59. The van der Waals surface area contributed by atoms with Gasteiger partial charge in [-0.3, -0.25) is 0 Å². The first-order valence-electron chi connectivity index (χ1n) is 3.92. The lowest BCUT2D eigenvalue weighted by Gasteiger charge is -2.09. The van der Waals surface area contributed by atoms with Crippen LogP contribution in [0.3, 0.4) is 0 Å². The molecular weight excluding hydrogens is 164 g/mol. The molecule has 0 atom stereocenters. The molecule has 2 nitrogen and oxygen atoms in total. The Morgan fingerprint density at radius 1 is 1.08 bits per heavy atom. The maximum atomic E-state index is 9.45. The molecule has 0 aromatic heterocycles. The molecular formula is C11H12O2. The summed E-state index contributed by atoms with van der Waals surface area (Å²) in [6, 6.07) is 1.30. The van der Waals surface area contributed by atoms with Gasteiger partial charge in [0.15, 0.2) is 0 Å². The fourth-order valence-electron chi connectivity index (χ4n) is 1.27. The summed E-state index contributed by atoms with van der Waals surface area (Å²) in [4.78, 5) is 0. The first-order chi connectivity index (χ1) is 6.11. The van der Waals surface area contributed by atoms with Gasteiger partial charge in [-0.2, -0.15) is 0 Å². The van der Waals surface area contributed by atoms with Crippen LogP contribution < -0.4 is 0 Å². The third-order valence-corrected chi connectivity index (χ3v) is 2.04. The van der Waals surface area contributed by atoms with Crippen LogP contribution in [0.15, 0.2) is 19.2 Å². The molecule has 1 rings (SSSR count). The van der Waals surface area contributed by atoms with Gasteiger partial charge in [0.1, 0.15) is 11.5 Å². The van der Waals surface area contributed by atoms with Crippen LogP contribution in [0.25, 0.3) is 12.2 Å². The van der Waals surface area contributed by atoms with Crippen molar-refractivity contribution in [1.82, 2.24) is 0 Å². The molecule has 2 N–H and O–H groups in total. The zero-order valence-electron chi connectivity index (χ0n) is 7.54. The monoisotopic (exact) mass is 176 g/mol. The molecule has 68 valence electrons. The van der Waals surface area contributed by atoms with E-state index < -0.39 is 0 Å². The van der Waals surface area contributed by atoms with E-state index in [1.54, 1.807) is 19.1 Å². The van der Waals surface area contributed by atoms with E-state index in [2.05, 4.69) is 13.2 Å². The molecule has 0 aliphatic carbocycles. The summed E-state index contributed by atoms with van der Waals surface area (Å²) in [5.41, 5.74) is 2.01. The fourth-order valence-corrected chi connectivity index (χ4v) is 1.27. The second-order valence-corrected chi connectivity index (χ2v) is 2.78. The number of hydrogen-bond donors (Lipinski definition) is 2. The smallest absolute Gasteiger partial charge is 0.127 e. The number of phenols is 2. The molecule has 2 heteroatoms. The molecule has 0 aliphatic rings. The van der Waals surface area contributed by atoms with Gasteiger partial charge in [-0.25, -0.2) is 0 Å². The molecule has 0 heterocycles. The Morgan fingerprint density at radius 3 is 2.08 bits per heavy atom. The lowest BCUT2D eigenvalue weighted by molar-refractivity contribution is 0.447. The van der Waals surface area contributed by atoms with Crippen LogP contribution in [-0.2, 0) is 0 Å². The molecule has 0 amide bonds. The highest BCUT2D eigenvalue weighted by Crippen LogP contribution is 2.32. The van der Waals surface area contributed by atoms with E-state index in [-0.39, 0.29) is 11.5 Å². The van der Waals surface area contributed by atoms with Gasteiger partial charge < -0.3 is 10.2 Å². The van der Waals surface area contributed by atoms with Crippen molar-refractivity contribution in [2.75, 3.05) is 0 Å². The summed E-state index contributed by atoms with van der Waals surface area (Å²) in [7, 11) is 0. The van der Waals surface area contributed by atoms with Crippen LogP contribution in [0.4, 0.5) is 0 Å². The molecule has 0 spiro atoms. The summed E-state index contributed by atoms with van der Waals surface area (Å²) >= 11 is 0. The third kappa shape index (κ3) is 1.43. The van der Waals surface area contributed by atoms with E-state index >= 15 is 0 Å². The first kappa shape index (κ1) is 9.39. The van der Waals surface area contributed by atoms with E-state index in [0.29, 0.717) is 16.7 Å². The predicted molar refractivity (Wildman–Crippen MR) is 54.7 cm³/mol. The fraction of sp³-hybridized carbons (Fsp3) is 0.0909. The quantitative estimate of drug-likeness (QED) is 0.727. The van der Waals surface area contributed by atoms with Crippen molar-refractivity contribution in [3.63, 3.8) is 0 Å². The van der Waals surface area contributed by atoms with E-state index in [4.69, 9.17) is 0 Å². The number of benzene rings is 1. The minimum absolute atomic E-state index is 0.0213. The van der Waals surface area contributed by atoms with Crippen molar-refractivity contribution in [1.29, 1.82) is 0 Å². The zero-order valence-corrected chi connectivity index (χ0v) is 7.54. The summed E-state index contributed by atoms with van der Waals surface area (Å²) in [6.45, 7) is 8.96. The molecule has 0 radical (unpaired) electrons. The number of rotatable bonds is 2. The lowest BCUT2D eigenvalue weighted by atomic mass is 10.00. The van der Waals surface area contributed by atoms with Crippen molar-refractivity contribution < 1.29 is 10.2 Å². The van der Waals surface area contributed by atoms with Gasteiger partial charge in [0.2, 0.25) is 0 Å². The number of phenolic OH excluding ortho intramolecular Hbond substituents is 2. The largest absolute Gasteiger partial charge is 0.508 e. The molecule has 0 fully saturated rings. The Labute approximate surface area is 77.5 Å².